The Bertz CT molecular complexity index is 941. The number of carbonyl (C=O) groups is 1. The van der Waals surface area contributed by atoms with Gasteiger partial charge < -0.3 is 5.11 Å². The van der Waals surface area contributed by atoms with E-state index in [9.17, 15) is 22.7 Å². The Labute approximate surface area is 152 Å². The molecule has 138 valence electrons. The van der Waals surface area contributed by atoms with Gasteiger partial charge in [0.25, 0.3) is 0 Å². The van der Waals surface area contributed by atoms with Crippen LogP contribution in [0.15, 0.2) is 47.4 Å². The Kier molecular flexibility index (Phi) is 4.86. The number of hydrogen-bond donors (Lipinski definition) is 1. The molecule has 1 heterocycles. The Hall–Kier alpha value is -2.25. The average Bonchev–Trinajstić information content (AvgIpc) is 3.01. The van der Waals surface area contributed by atoms with E-state index in [0.29, 0.717) is 11.1 Å². The van der Waals surface area contributed by atoms with E-state index >= 15 is 0 Å². The van der Waals surface area contributed by atoms with E-state index in [1.807, 2.05) is 6.92 Å². The van der Waals surface area contributed by atoms with Crippen LogP contribution >= 0.6 is 0 Å². The van der Waals surface area contributed by atoms with Gasteiger partial charge in [0, 0.05) is 6.54 Å². The first kappa shape index (κ1) is 18.5. The standard InChI is InChI=1S/C19H20FNO4S/c1-12-3-6-15(7-4-12)26(24,25)21-10-9-17(19(22)23)18(21)16-8-5-14(20)11-13(16)2/h3-8,11,17-18H,9-10H2,1-2H3,(H,22,23). The highest BCUT2D eigenvalue weighted by Crippen LogP contribution is 2.42. The monoisotopic (exact) mass is 377 g/mol. The van der Waals surface area contributed by atoms with Gasteiger partial charge >= 0.3 is 5.97 Å². The molecular formula is C19H20FNO4S. The number of carboxylic acids is 1. The molecule has 0 amide bonds. The molecule has 2 aromatic carbocycles. The van der Waals surface area contributed by atoms with Gasteiger partial charge in [0.2, 0.25) is 10.0 Å². The van der Waals surface area contributed by atoms with Crippen molar-refractivity contribution in [3.05, 3.63) is 65.0 Å². The molecule has 26 heavy (non-hydrogen) atoms. The van der Waals surface area contributed by atoms with Crippen LogP contribution in [0.3, 0.4) is 0 Å². The molecule has 1 N–H and O–H groups in total. The van der Waals surface area contributed by atoms with Crippen LogP contribution in [0.25, 0.3) is 0 Å². The molecular weight excluding hydrogens is 357 g/mol. The van der Waals surface area contributed by atoms with Crippen molar-refractivity contribution in [3.63, 3.8) is 0 Å². The summed E-state index contributed by atoms with van der Waals surface area (Å²) in [7, 11) is -3.87. The number of hydrogen-bond acceptors (Lipinski definition) is 3. The van der Waals surface area contributed by atoms with Gasteiger partial charge in [-0.1, -0.05) is 23.8 Å². The average molecular weight is 377 g/mol. The summed E-state index contributed by atoms with van der Waals surface area (Å²) in [5.74, 6) is -2.37. The second kappa shape index (κ2) is 6.81. The van der Waals surface area contributed by atoms with Crippen LogP contribution in [0.4, 0.5) is 4.39 Å². The first-order chi connectivity index (χ1) is 12.2. The Morgan fingerprint density at radius 2 is 1.81 bits per heavy atom. The molecule has 2 atom stereocenters. The van der Waals surface area contributed by atoms with Crippen molar-refractivity contribution in [1.29, 1.82) is 0 Å². The van der Waals surface area contributed by atoms with E-state index in [4.69, 9.17) is 0 Å². The number of sulfonamides is 1. The van der Waals surface area contributed by atoms with Gasteiger partial charge in [-0.2, -0.15) is 4.31 Å². The van der Waals surface area contributed by atoms with Crippen molar-refractivity contribution in [2.45, 2.75) is 31.2 Å². The molecule has 0 aromatic heterocycles. The normalized spacial score (nSPS) is 21.0. The highest BCUT2D eigenvalue weighted by atomic mass is 32.2. The van der Waals surface area contributed by atoms with Crippen LogP contribution in [0.2, 0.25) is 0 Å². The summed E-state index contributed by atoms with van der Waals surface area (Å²) in [5.41, 5.74) is 1.99. The van der Waals surface area contributed by atoms with Crippen LogP contribution in [0.5, 0.6) is 0 Å². The van der Waals surface area contributed by atoms with Crippen LogP contribution in [0.1, 0.15) is 29.2 Å². The first-order valence-electron chi connectivity index (χ1n) is 8.29. The maximum Gasteiger partial charge on any atom is 0.308 e. The predicted molar refractivity (Wildman–Crippen MR) is 94.7 cm³/mol. The van der Waals surface area contributed by atoms with Crippen LogP contribution < -0.4 is 0 Å². The molecule has 1 aliphatic rings. The van der Waals surface area contributed by atoms with Gasteiger partial charge in [0.1, 0.15) is 5.82 Å². The van der Waals surface area contributed by atoms with Gasteiger partial charge in [0.05, 0.1) is 16.9 Å². The minimum Gasteiger partial charge on any atom is -0.481 e. The molecule has 0 radical (unpaired) electrons. The number of rotatable bonds is 4. The summed E-state index contributed by atoms with van der Waals surface area (Å²) < 4.78 is 41.0. The molecule has 7 heteroatoms. The van der Waals surface area contributed by atoms with Gasteiger partial charge in [-0.15, -0.1) is 0 Å². The summed E-state index contributed by atoms with van der Waals surface area (Å²) in [6, 6.07) is 9.60. The van der Waals surface area contributed by atoms with Crippen LogP contribution in [-0.2, 0) is 14.8 Å². The lowest BCUT2D eigenvalue weighted by molar-refractivity contribution is -0.142. The van der Waals surface area contributed by atoms with Crippen LogP contribution in [-0.4, -0.2) is 30.3 Å². The summed E-state index contributed by atoms with van der Waals surface area (Å²) in [6.07, 6.45) is 0.210. The highest BCUT2D eigenvalue weighted by Gasteiger charge is 2.46. The number of aliphatic carboxylic acids is 1. The molecule has 2 unspecified atom stereocenters. The molecule has 1 aliphatic heterocycles. The third-order valence-corrected chi connectivity index (χ3v) is 6.74. The van der Waals surface area contributed by atoms with Crippen LogP contribution in [0, 0.1) is 25.6 Å². The lowest BCUT2D eigenvalue weighted by Gasteiger charge is -2.28. The molecule has 0 bridgehead atoms. The molecule has 0 saturated carbocycles. The maximum atomic E-state index is 13.5. The second-order valence-corrected chi connectivity index (χ2v) is 8.50. The van der Waals surface area contributed by atoms with Gasteiger partial charge in [-0.3, -0.25) is 4.79 Å². The Morgan fingerprint density at radius 1 is 1.15 bits per heavy atom. The number of benzene rings is 2. The lowest BCUT2D eigenvalue weighted by Crippen LogP contribution is -2.34. The fourth-order valence-corrected chi connectivity index (χ4v) is 5.14. The third kappa shape index (κ3) is 3.24. The van der Waals surface area contributed by atoms with E-state index in [1.165, 1.54) is 34.6 Å². The van der Waals surface area contributed by atoms with E-state index in [-0.39, 0.29) is 17.9 Å². The van der Waals surface area contributed by atoms with E-state index in [1.54, 1.807) is 19.1 Å². The highest BCUT2D eigenvalue weighted by molar-refractivity contribution is 7.89. The molecule has 0 aliphatic carbocycles. The summed E-state index contributed by atoms with van der Waals surface area (Å²) in [6.45, 7) is 3.62. The molecule has 1 fully saturated rings. The predicted octanol–water partition coefficient (Wildman–Crippen LogP) is 3.28. The van der Waals surface area contributed by atoms with Crippen molar-refractivity contribution >= 4 is 16.0 Å². The number of halogens is 1. The number of carboxylic acid groups (broad SMARTS) is 1. The molecule has 1 saturated heterocycles. The largest absolute Gasteiger partial charge is 0.481 e. The van der Waals surface area contributed by atoms with E-state index < -0.39 is 33.8 Å². The molecule has 0 spiro atoms. The number of nitrogens with zero attached hydrogens (tertiary/aromatic N) is 1. The smallest absolute Gasteiger partial charge is 0.308 e. The van der Waals surface area contributed by atoms with Gasteiger partial charge in [0.15, 0.2) is 0 Å². The minimum atomic E-state index is -3.87. The van der Waals surface area contributed by atoms with Crippen molar-refractivity contribution in [2.75, 3.05) is 6.54 Å². The topological polar surface area (TPSA) is 74.7 Å². The summed E-state index contributed by atoms with van der Waals surface area (Å²) >= 11 is 0. The van der Waals surface area contributed by atoms with Crippen molar-refractivity contribution in [1.82, 2.24) is 4.31 Å². The number of aryl methyl sites for hydroxylation is 2. The fourth-order valence-electron chi connectivity index (χ4n) is 3.48. The summed E-state index contributed by atoms with van der Waals surface area (Å²) in [4.78, 5) is 11.8. The quantitative estimate of drug-likeness (QED) is 0.887. The molecule has 3 rings (SSSR count). The molecule has 2 aromatic rings. The zero-order valence-electron chi connectivity index (χ0n) is 14.5. The third-order valence-electron chi connectivity index (χ3n) is 4.85. The lowest BCUT2D eigenvalue weighted by atomic mass is 9.91. The molecule has 5 nitrogen and oxygen atoms in total. The summed E-state index contributed by atoms with van der Waals surface area (Å²) in [5, 5.41) is 9.59. The van der Waals surface area contributed by atoms with Gasteiger partial charge in [-0.05, 0) is 55.7 Å². The van der Waals surface area contributed by atoms with Crippen molar-refractivity contribution in [2.24, 2.45) is 5.92 Å². The van der Waals surface area contributed by atoms with E-state index in [2.05, 4.69) is 0 Å². The maximum absolute atomic E-state index is 13.5. The van der Waals surface area contributed by atoms with Gasteiger partial charge in [-0.25, -0.2) is 12.8 Å². The van der Waals surface area contributed by atoms with E-state index in [0.717, 1.165) is 5.56 Å². The minimum absolute atomic E-state index is 0.106. The van der Waals surface area contributed by atoms with Crippen molar-refractivity contribution in [3.8, 4) is 0 Å². The zero-order chi connectivity index (χ0) is 19.1. The SMILES string of the molecule is Cc1ccc(S(=O)(=O)N2CCC(C(=O)O)C2c2ccc(F)cc2C)cc1. The zero-order valence-corrected chi connectivity index (χ0v) is 15.3. The van der Waals surface area contributed by atoms with Crippen molar-refractivity contribution < 1.29 is 22.7 Å². The fraction of sp³-hybridized carbons (Fsp3) is 0.316. The second-order valence-electron chi connectivity index (χ2n) is 6.61. The first-order valence-corrected chi connectivity index (χ1v) is 9.73. The Morgan fingerprint density at radius 3 is 2.38 bits per heavy atom. The Balaban J connectivity index is 2.10.